The second-order valence-electron chi connectivity index (χ2n) is 5.39. The molecule has 0 saturated carbocycles. The first-order chi connectivity index (χ1) is 10.0. The quantitative estimate of drug-likeness (QED) is 0.815. The molecule has 2 rings (SSSR count). The molecule has 1 aromatic carbocycles. The van der Waals surface area contributed by atoms with E-state index in [9.17, 15) is 4.39 Å². The first-order valence-electron chi connectivity index (χ1n) is 7.16. The Morgan fingerprint density at radius 3 is 2.81 bits per heavy atom. The second-order valence-corrected chi connectivity index (χ2v) is 6.91. The van der Waals surface area contributed by atoms with E-state index in [2.05, 4.69) is 31.1 Å². The SMILES string of the molecule is CCc1nc(-c2cc(Cl)ccc2F)sc1CNCC(C)C. The fourth-order valence-corrected chi connectivity index (χ4v) is 3.36. The summed E-state index contributed by atoms with van der Waals surface area (Å²) >= 11 is 7.50. The molecule has 0 aliphatic heterocycles. The van der Waals surface area contributed by atoms with Crippen molar-refractivity contribution in [3.8, 4) is 10.6 Å². The van der Waals surface area contributed by atoms with E-state index in [0.29, 0.717) is 21.5 Å². The van der Waals surface area contributed by atoms with Crippen molar-refractivity contribution in [2.45, 2.75) is 33.7 Å². The van der Waals surface area contributed by atoms with Crippen molar-refractivity contribution in [2.24, 2.45) is 5.92 Å². The number of hydrogen-bond donors (Lipinski definition) is 1. The van der Waals surface area contributed by atoms with Gasteiger partial charge in [0.25, 0.3) is 0 Å². The molecule has 0 aliphatic rings. The Hall–Kier alpha value is -0.970. The van der Waals surface area contributed by atoms with Gasteiger partial charge < -0.3 is 5.32 Å². The highest BCUT2D eigenvalue weighted by Crippen LogP contribution is 2.32. The molecule has 0 saturated heterocycles. The molecule has 1 N–H and O–H groups in total. The maximum atomic E-state index is 14.0. The topological polar surface area (TPSA) is 24.9 Å². The summed E-state index contributed by atoms with van der Waals surface area (Å²) in [5, 5.41) is 4.65. The molecule has 0 atom stereocenters. The van der Waals surface area contributed by atoms with Crippen LogP contribution in [0.2, 0.25) is 5.02 Å². The highest BCUT2D eigenvalue weighted by atomic mass is 35.5. The van der Waals surface area contributed by atoms with Crippen molar-refractivity contribution >= 4 is 22.9 Å². The van der Waals surface area contributed by atoms with E-state index in [0.717, 1.165) is 25.2 Å². The fraction of sp³-hybridized carbons (Fsp3) is 0.438. The highest BCUT2D eigenvalue weighted by Gasteiger charge is 2.14. The molecule has 5 heteroatoms. The lowest BCUT2D eigenvalue weighted by Crippen LogP contribution is -2.18. The summed E-state index contributed by atoms with van der Waals surface area (Å²) in [6.45, 7) is 8.16. The van der Waals surface area contributed by atoms with Crippen LogP contribution in [0.15, 0.2) is 18.2 Å². The Balaban J connectivity index is 2.25. The zero-order chi connectivity index (χ0) is 15.4. The third-order valence-electron chi connectivity index (χ3n) is 3.11. The standard InChI is InChI=1S/C16H20ClFN2S/c1-4-14-15(9-19-8-10(2)3)21-16(20-14)12-7-11(17)5-6-13(12)18/h5-7,10,19H,4,8-9H2,1-3H3. The molecule has 0 amide bonds. The minimum absolute atomic E-state index is 0.280. The summed E-state index contributed by atoms with van der Waals surface area (Å²) in [5.74, 6) is 0.324. The number of thiazole rings is 1. The third kappa shape index (κ3) is 4.25. The van der Waals surface area contributed by atoms with Crippen LogP contribution in [0.3, 0.4) is 0 Å². The Labute approximate surface area is 134 Å². The predicted molar refractivity (Wildman–Crippen MR) is 88.4 cm³/mol. The number of nitrogens with one attached hydrogen (secondary N) is 1. The van der Waals surface area contributed by atoms with Crippen LogP contribution >= 0.6 is 22.9 Å². The normalized spacial score (nSPS) is 11.3. The van der Waals surface area contributed by atoms with Crippen LogP contribution in [0.1, 0.15) is 31.3 Å². The molecule has 1 aromatic heterocycles. The molecule has 114 valence electrons. The van der Waals surface area contributed by atoms with Gasteiger partial charge in [-0.1, -0.05) is 32.4 Å². The van der Waals surface area contributed by atoms with Crippen molar-refractivity contribution in [2.75, 3.05) is 6.54 Å². The Morgan fingerprint density at radius 1 is 1.38 bits per heavy atom. The number of benzene rings is 1. The van der Waals surface area contributed by atoms with Gasteiger partial charge in [-0.25, -0.2) is 9.37 Å². The average Bonchev–Trinajstić information content (AvgIpc) is 2.84. The average molecular weight is 327 g/mol. The van der Waals surface area contributed by atoms with Crippen LogP contribution < -0.4 is 5.32 Å². The molecule has 0 spiro atoms. The van der Waals surface area contributed by atoms with E-state index >= 15 is 0 Å². The largest absolute Gasteiger partial charge is 0.312 e. The molecule has 0 radical (unpaired) electrons. The van der Waals surface area contributed by atoms with Gasteiger partial charge >= 0.3 is 0 Å². The van der Waals surface area contributed by atoms with Gasteiger partial charge in [0.1, 0.15) is 10.8 Å². The van der Waals surface area contributed by atoms with E-state index < -0.39 is 0 Å². The van der Waals surface area contributed by atoms with Gasteiger partial charge in [0.2, 0.25) is 0 Å². The van der Waals surface area contributed by atoms with Gasteiger partial charge in [0.05, 0.1) is 5.69 Å². The van der Waals surface area contributed by atoms with Crippen molar-refractivity contribution in [1.82, 2.24) is 10.3 Å². The molecular weight excluding hydrogens is 307 g/mol. The minimum atomic E-state index is -0.280. The van der Waals surface area contributed by atoms with Gasteiger partial charge in [-0.3, -0.25) is 0 Å². The molecule has 0 aliphatic carbocycles. The van der Waals surface area contributed by atoms with Gasteiger partial charge in [-0.05, 0) is 37.1 Å². The molecule has 1 heterocycles. The van der Waals surface area contributed by atoms with Crippen LogP contribution in [0.4, 0.5) is 4.39 Å². The van der Waals surface area contributed by atoms with Crippen molar-refractivity contribution in [3.05, 3.63) is 39.6 Å². The van der Waals surface area contributed by atoms with E-state index in [1.165, 1.54) is 22.3 Å². The summed E-state index contributed by atoms with van der Waals surface area (Å²) in [6, 6.07) is 4.59. The number of halogens is 2. The fourth-order valence-electron chi connectivity index (χ4n) is 2.05. The summed E-state index contributed by atoms with van der Waals surface area (Å²) in [7, 11) is 0. The third-order valence-corrected chi connectivity index (χ3v) is 4.48. The second kappa shape index (κ2) is 7.34. The van der Waals surface area contributed by atoms with Gasteiger partial charge in [0.15, 0.2) is 0 Å². The van der Waals surface area contributed by atoms with Crippen LogP contribution in [0.5, 0.6) is 0 Å². The first-order valence-corrected chi connectivity index (χ1v) is 8.35. The smallest absolute Gasteiger partial charge is 0.133 e. The van der Waals surface area contributed by atoms with Gasteiger partial charge in [-0.15, -0.1) is 11.3 Å². The van der Waals surface area contributed by atoms with Crippen molar-refractivity contribution in [3.63, 3.8) is 0 Å². The summed E-state index contributed by atoms with van der Waals surface area (Å²) in [6.07, 6.45) is 0.845. The first kappa shape index (κ1) is 16.4. The molecule has 0 unspecified atom stereocenters. The monoisotopic (exact) mass is 326 g/mol. The molecule has 21 heavy (non-hydrogen) atoms. The van der Waals surface area contributed by atoms with Crippen LogP contribution in [0, 0.1) is 11.7 Å². The lowest BCUT2D eigenvalue weighted by atomic mass is 10.2. The van der Waals surface area contributed by atoms with Crippen LogP contribution in [-0.2, 0) is 13.0 Å². The van der Waals surface area contributed by atoms with E-state index in [1.54, 1.807) is 12.1 Å². The van der Waals surface area contributed by atoms with Crippen molar-refractivity contribution < 1.29 is 4.39 Å². The predicted octanol–water partition coefficient (Wildman–Crippen LogP) is 4.91. The van der Waals surface area contributed by atoms with Crippen molar-refractivity contribution in [1.29, 1.82) is 0 Å². The lowest BCUT2D eigenvalue weighted by molar-refractivity contribution is 0.553. The lowest BCUT2D eigenvalue weighted by Gasteiger charge is -2.06. The molecule has 0 fully saturated rings. The Bertz CT molecular complexity index is 610. The number of rotatable bonds is 6. The summed E-state index contributed by atoms with van der Waals surface area (Å²) < 4.78 is 14.0. The number of hydrogen-bond acceptors (Lipinski definition) is 3. The summed E-state index contributed by atoms with van der Waals surface area (Å²) in [4.78, 5) is 5.75. The molecular formula is C16H20ClFN2S. The van der Waals surface area contributed by atoms with Crippen LogP contribution in [0.25, 0.3) is 10.6 Å². The minimum Gasteiger partial charge on any atom is -0.312 e. The van der Waals surface area contributed by atoms with Gasteiger partial charge in [0, 0.05) is 22.0 Å². The molecule has 0 bridgehead atoms. The molecule has 2 nitrogen and oxygen atoms in total. The number of nitrogens with zero attached hydrogens (tertiary/aromatic N) is 1. The Morgan fingerprint density at radius 2 is 2.14 bits per heavy atom. The molecule has 2 aromatic rings. The number of aryl methyl sites for hydroxylation is 1. The number of aromatic nitrogens is 1. The van der Waals surface area contributed by atoms with E-state index in [4.69, 9.17) is 11.6 Å². The zero-order valence-corrected chi connectivity index (χ0v) is 14.1. The van der Waals surface area contributed by atoms with Crippen LogP contribution in [-0.4, -0.2) is 11.5 Å². The maximum Gasteiger partial charge on any atom is 0.133 e. The summed E-state index contributed by atoms with van der Waals surface area (Å²) in [5.41, 5.74) is 1.52. The van der Waals surface area contributed by atoms with Gasteiger partial charge in [-0.2, -0.15) is 0 Å². The Kier molecular flexibility index (Phi) is 5.73. The van der Waals surface area contributed by atoms with E-state index in [1.807, 2.05) is 0 Å². The van der Waals surface area contributed by atoms with E-state index in [-0.39, 0.29) is 5.82 Å². The highest BCUT2D eigenvalue weighted by molar-refractivity contribution is 7.15. The zero-order valence-electron chi connectivity index (χ0n) is 12.5. The maximum absolute atomic E-state index is 14.0.